The van der Waals surface area contributed by atoms with E-state index in [0.29, 0.717) is 11.9 Å². The molecule has 0 aliphatic carbocycles. The lowest BCUT2D eigenvalue weighted by Crippen LogP contribution is -2.32. The van der Waals surface area contributed by atoms with Gasteiger partial charge >= 0.3 is 5.97 Å². The van der Waals surface area contributed by atoms with E-state index in [1.165, 1.54) is 12.8 Å². The Labute approximate surface area is 94.6 Å². The van der Waals surface area contributed by atoms with Crippen LogP contribution in [0.2, 0.25) is 0 Å². The van der Waals surface area contributed by atoms with Gasteiger partial charge in [0.15, 0.2) is 0 Å². The summed E-state index contributed by atoms with van der Waals surface area (Å²) >= 11 is 1.61. The lowest BCUT2D eigenvalue weighted by Gasteiger charge is -2.09. The quantitative estimate of drug-likeness (QED) is 0.644. The minimum Gasteiger partial charge on any atom is -0.480 e. The van der Waals surface area contributed by atoms with Crippen molar-refractivity contribution >= 4 is 17.7 Å². The van der Waals surface area contributed by atoms with Crippen LogP contribution in [0.4, 0.5) is 0 Å². The first-order chi connectivity index (χ1) is 7.20. The number of aliphatic carboxylic acids is 1. The van der Waals surface area contributed by atoms with E-state index in [1.807, 2.05) is 0 Å². The molecule has 5 heteroatoms. The Morgan fingerprint density at radius 3 is 3.07 bits per heavy atom. The molecule has 1 unspecified atom stereocenters. The highest BCUT2D eigenvalue weighted by molar-refractivity contribution is 7.99. The minimum absolute atomic E-state index is 0.443. The van der Waals surface area contributed by atoms with Crippen LogP contribution in [0.3, 0.4) is 0 Å². The maximum Gasteiger partial charge on any atom is 0.321 e. The van der Waals surface area contributed by atoms with E-state index in [0.717, 1.165) is 25.2 Å². The van der Waals surface area contributed by atoms with Gasteiger partial charge in [0.05, 0.1) is 6.10 Å². The highest BCUT2D eigenvalue weighted by Crippen LogP contribution is 2.18. The molecule has 0 bridgehead atoms. The number of rotatable bonds is 7. The third-order valence-electron chi connectivity index (χ3n) is 2.45. The van der Waals surface area contributed by atoms with Gasteiger partial charge in [0.1, 0.15) is 6.04 Å². The van der Waals surface area contributed by atoms with E-state index in [4.69, 9.17) is 15.6 Å². The topological polar surface area (TPSA) is 72.5 Å². The van der Waals surface area contributed by atoms with Crippen molar-refractivity contribution < 1.29 is 14.6 Å². The summed E-state index contributed by atoms with van der Waals surface area (Å²) in [5.74, 6) is 0.559. The molecule has 0 saturated carbocycles. The number of hydrogen-bond acceptors (Lipinski definition) is 4. The van der Waals surface area contributed by atoms with Crippen molar-refractivity contribution in [1.29, 1.82) is 0 Å². The number of nitrogens with two attached hydrogens (primary N) is 1. The number of hydrogen-bond donors (Lipinski definition) is 2. The Kier molecular flexibility index (Phi) is 6.05. The number of ether oxygens (including phenoxy) is 1. The molecule has 2 atom stereocenters. The Morgan fingerprint density at radius 1 is 1.67 bits per heavy atom. The first-order valence-corrected chi connectivity index (χ1v) is 6.53. The highest BCUT2D eigenvalue weighted by atomic mass is 32.2. The van der Waals surface area contributed by atoms with Crippen molar-refractivity contribution in [1.82, 2.24) is 0 Å². The molecule has 0 spiro atoms. The Hall–Kier alpha value is -0.260. The molecule has 1 fully saturated rings. The average Bonchev–Trinajstić information content (AvgIpc) is 2.69. The molecule has 0 aromatic heterocycles. The maximum absolute atomic E-state index is 10.4. The predicted molar refractivity (Wildman–Crippen MR) is 61.1 cm³/mol. The van der Waals surface area contributed by atoms with Crippen molar-refractivity contribution in [2.45, 2.75) is 37.8 Å². The second-order valence-corrected chi connectivity index (χ2v) is 4.95. The van der Waals surface area contributed by atoms with E-state index in [1.54, 1.807) is 11.8 Å². The predicted octanol–water partition coefficient (Wildman–Crippen LogP) is 1.09. The first kappa shape index (κ1) is 12.8. The van der Waals surface area contributed by atoms with Crippen LogP contribution in [0.15, 0.2) is 0 Å². The summed E-state index contributed by atoms with van der Waals surface area (Å²) in [7, 11) is 0. The van der Waals surface area contributed by atoms with Crippen molar-refractivity contribution in [2.75, 3.05) is 18.1 Å². The van der Waals surface area contributed by atoms with E-state index in [-0.39, 0.29) is 0 Å². The Bertz CT molecular complexity index is 195. The van der Waals surface area contributed by atoms with Crippen LogP contribution in [-0.2, 0) is 9.53 Å². The van der Waals surface area contributed by atoms with Gasteiger partial charge in [-0.05, 0) is 31.4 Å². The SMILES string of the molecule is N[C@@H](CSCCCC1CCCO1)C(=O)O. The zero-order valence-electron chi connectivity index (χ0n) is 8.85. The molecule has 0 amide bonds. The van der Waals surface area contributed by atoms with Crippen LogP contribution in [0, 0.1) is 0 Å². The van der Waals surface area contributed by atoms with Crippen molar-refractivity contribution in [3.05, 3.63) is 0 Å². The van der Waals surface area contributed by atoms with Crippen LogP contribution in [-0.4, -0.2) is 41.3 Å². The zero-order chi connectivity index (χ0) is 11.1. The Morgan fingerprint density at radius 2 is 2.47 bits per heavy atom. The van der Waals surface area contributed by atoms with Crippen molar-refractivity contribution in [3.8, 4) is 0 Å². The standard InChI is InChI=1S/C10H19NO3S/c11-9(10(12)13)7-15-6-2-4-8-3-1-5-14-8/h8-9H,1-7,11H2,(H,12,13)/t8?,9-/m0/s1. The number of carboxylic acid groups (broad SMARTS) is 1. The van der Waals surface area contributed by atoms with Gasteiger partial charge in [0, 0.05) is 12.4 Å². The molecule has 3 N–H and O–H groups in total. The van der Waals surface area contributed by atoms with Gasteiger partial charge in [-0.1, -0.05) is 0 Å². The molecule has 15 heavy (non-hydrogen) atoms. The molecule has 1 saturated heterocycles. The summed E-state index contributed by atoms with van der Waals surface area (Å²) in [4.78, 5) is 10.4. The lowest BCUT2D eigenvalue weighted by molar-refractivity contribution is -0.137. The molecule has 0 aromatic carbocycles. The van der Waals surface area contributed by atoms with Gasteiger partial charge in [0.2, 0.25) is 0 Å². The fourth-order valence-electron chi connectivity index (χ4n) is 1.57. The fraction of sp³-hybridized carbons (Fsp3) is 0.900. The van der Waals surface area contributed by atoms with Crippen molar-refractivity contribution in [2.24, 2.45) is 5.73 Å². The van der Waals surface area contributed by atoms with E-state index >= 15 is 0 Å². The summed E-state index contributed by atoms with van der Waals surface area (Å²) in [6, 6.07) is -0.724. The van der Waals surface area contributed by atoms with Crippen molar-refractivity contribution in [3.63, 3.8) is 0 Å². The molecule has 0 aromatic rings. The molecule has 4 nitrogen and oxygen atoms in total. The van der Waals surface area contributed by atoms with Gasteiger partial charge in [-0.2, -0.15) is 11.8 Å². The molecule has 1 aliphatic rings. The number of carbonyl (C=O) groups is 1. The monoisotopic (exact) mass is 233 g/mol. The van der Waals surface area contributed by atoms with Gasteiger partial charge in [-0.3, -0.25) is 4.79 Å². The van der Waals surface area contributed by atoms with E-state index in [9.17, 15) is 4.79 Å². The summed E-state index contributed by atoms with van der Waals surface area (Å²) in [5, 5.41) is 8.55. The van der Waals surface area contributed by atoms with Crippen LogP contribution in [0.1, 0.15) is 25.7 Å². The molecule has 1 rings (SSSR count). The second kappa shape index (κ2) is 7.09. The van der Waals surface area contributed by atoms with Crippen LogP contribution in [0.25, 0.3) is 0 Å². The van der Waals surface area contributed by atoms with Gasteiger partial charge < -0.3 is 15.6 Å². The molecule has 1 aliphatic heterocycles. The summed E-state index contributed by atoms with van der Waals surface area (Å²) in [6.07, 6.45) is 4.98. The lowest BCUT2D eigenvalue weighted by atomic mass is 10.1. The molecule has 88 valence electrons. The zero-order valence-corrected chi connectivity index (χ0v) is 9.67. The summed E-state index contributed by atoms with van der Waals surface area (Å²) in [6.45, 7) is 0.904. The minimum atomic E-state index is -0.915. The van der Waals surface area contributed by atoms with Gasteiger partial charge in [-0.15, -0.1) is 0 Å². The largest absolute Gasteiger partial charge is 0.480 e. The third kappa shape index (κ3) is 5.39. The third-order valence-corrected chi connectivity index (χ3v) is 3.63. The average molecular weight is 233 g/mol. The Balaban J connectivity index is 1.90. The smallest absolute Gasteiger partial charge is 0.321 e. The van der Waals surface area contributed by atoms with Crippen LogP contribution < -0.4 is 5.73 Å². The highest BCUT2D eigenvalue weighted by Gasteiger charge is 2.15. The number of thioether (sulfide) groups is 1. The van der Waals surface area contributed by atoms with E-state index in [2.05, 4.69) is 0 Å². The molecular formula is C10H19NO3S. The second-order valence-electron chi connectivity index (χ2n) is 3.80. The fourth-order valence-corrected chi connectivity index (χ4v) is 2.50. The van der Waals surface area contributed by atoms with Crippen LogP contribution in [0.5, 0.6) is 0 Å². The molecule has 1 heterocycles. The van der Waals surface area contributed by atoms with Gasteiger partial charge in [0.25, 0.3) is 0 Å². The maximum atomic E-state index is 10.4. The van der Waals surface area contributed by atoms with Gasteiger partial charge in [-0.25, -0.2) is 0 Å². The van der Waals surface area contributed by atoms with E-state index < -0.39 is 12.0 Å². The molecular weight excluding hydrogens is 214 g/mol. The first-order valence-electron chi connectivity index (χ1n) is 5.38. The summed E-state index contributed by atoms with van der Waals surface area (Å²) in [5.41, 5.74) is 5.38. The number of carboxylic acids is 1. The van der Waals surface area contributed by atoms with Crippen LogP contribution >= 0.6 is 11.8 Å². The molecule has 0 radical (unpaired) electrons. The normalized spacial score (nSPS) is 22.9. The summed E-state index contributed by atoms with van der Waals surface area (Å²) < 4.78 is 5.49.